The van der Waals surface area contributed by atoms with Gasteiger partial charge in [-0.15, -0.1) is 11.8 Å². The maximum atomic E-state index is 9.18. The molecule has 22 heavy (non-hydrogen) atoms. The van der Waals surface area contributed by atoms with E-state index in [1.165, 1.54) is 33.8 Å². The molecule has 2 aromatic rings. The van der Waals surface area contributed by atoms with Crippen LogP contribution < -0.4 is 11.2 Å². The molecule has 1 aliphatic rings. The Hall–Kier alpha value is -2.11. The smallest absolute Gasteiger partial charge is 0.211 e. The minimum atomic E-state index is 0.0162. The third-order valence-corrected chi connectivity index (χ3v) is 5.02. The predicted octanol–water partition coefficient (Wildman–Crippen LogP) is 2.52. The Morgan fingerprint density at radius 3 is 2.73 bits per heavy atom. The molecule has 0 bridgehead atoms. The van der Waals surface area contributed by atoms with E-state index in [1.54, 1.807) is 0 Å². The minimum Gasteiger partial charge on any atom is -0.382 e. The minimum absolute atomic E-state index is 0.0162. The zero-order valence-corrected chi connectivity index (χ0v) is 13.7. The molecule has 1 aromatic heterocycles. The number of hydrogen-bond donors (Lipinski definition) is 2. The molecule has 0 saturated heterocycles. The standard InChI is InChI=1S/C14H14N6S2/c1-8-3-5-9(6-4-8)12-17-18-14(22-12)20-11(16)10(7-15)13(19-20)21-2/h3-6,12,17H,16H2,1-2H3. The lowest BCUT2D eigenvalue weighted by molar-refractivity contribution is 0.737. The molecule has 0 aliphatic carbocycles. The van der Waals surface area contributed by atoms with E-state index in [4.69, 9.17) is 5.73 Å². The highest BCUT2D eigenvalue weighted by molar-refractivity contribution is 8.14. The first kappa shape index (κ1) is 14.8. The number of nitrogens with two attached hydrogens (primary N) is 1. The zero-order valence-electron chi connectivity index (χ0n) is 12.1. The molecule has 3 rings (SSSR count). The van der Waals surface area contributed by atoms with E-state index in [-0.39, 0.29) is 5.37 Å². The van der Waals surface area contributed by atoms with Crippen LogP contribution in [0.4, 0.5) is 5.82 Å². The van der Waals surface area contributed by atoms with Gasteiger partial charge in [0.15, 0.2) is 0 Å². The van der Waals surface area contributed by atoms with E-state index in [2.05, 4.69) is 52.9 Å². The molecule has 0 spiro atoms. The Morgan fingerprint density at radius 1 is 1.41 bits per heavy atom. The molecule has 112 valence electrons. The largest absolute Gasteiger partial charge is 0.382 e. The third kappa shape index (κ3) is 2.53. The molecule has 6 nitrogen and oxygen atoms in total. The lowest BCUT2D eigenvalue weighted by Crippen LogP contribution is -2.11. The molecule has 1 atom stereocenters. The van der Waals surface area contributed by atoms with Crippen molar-refractivity contribution in [3.05, 3.63) is 41.0 Å². The van der Waals surface area contributed by atoms with E-state index in [1.807, 2.05) is 6.26 Å². The average molecular weight is 330 g/mol. The number of nitriles is 1. The number of nitrogens with zero attached hydrogens (tertiary/aromatic N) is 4. The molecule has 0 radical (unpaired) electrons. The number of hydrazone groups is 1. The monoisotopic (exact) mass is 330 g/mol. The second kappa shape index (κ2) is 5.94. The molecule has 3 N–H and O–H groups in total. The molecule has 2 heterocycles. The van der Waals surface area contributed by atoms with Crippen LogP contribution in [0.1, 0.15) is 22.1 Å². The van der Waals surface area contributed by atoms with Gasteiger partial charge in [-0.25, -0.2) is 0 Å². The van der Waals surface area contributed by atoms with Gasteiger partial charge in [-0.05, 0) is 18.7 Å². The number of rotatable bonds is 2. The summed E-state index contributed by atoms with van der Waals surface area (Å²) >= 11 is 2.91. The number of aromatic nitrogens is 2. The molecule has 0 amide bonds. The number of nitrogen functional groups attached to an aromatic ring is 1. The number of nitrogens with one attached hydrogen (secondary N) is 1. The van der Waals surface area contributed by atoms with Crippen molar-refractivity contribution in [2.45, 2.75) is 17.3 Å². The van der Waals surface area contributed by atoms with Crippen molar-refractivity contribution in [3.8, 4) is 6.07 Å². The van der Waals surface area contributed by atoms with Gasteiger partial charge >= 0.3 is 0 Å². The summed E-state index contributed by atoms with van der Waals surface area (Å²) in [6.07, 6.45) is 1.86. The first-order valence-electron chi connectivity index (χ1n) is 6.53. The number of benzene rings is 1. The Morgan fingerprint density at radius 2 is 2.14 bits per heavy atom. The van der Waals surface area contributed by atoms with Crippen LogP contribution in [0.3, 0.4) is 0 Å². The van der Waals surface area contributed by atoms with E-state index >= 15 is 0 Å². The van der Waals surface area contributed by atoms with Gasteiger partial charge in [0.05, 0.1) is 0 Å². The van der Waals surface area contributed by atoms with Crippen LogP contribution in [-0.2, 0) is 0 Å². The van der Waals surface area contributed by atoms with Crippen LogP contribution in [0.5, 0.6) is 0 Å². The van der Waals surface area contributed by atoms with Gasteiger partial charge in [0.2, 0.25) is 5.17 Å². The number of anilines is 1. The van der Waals surface area contributed by atoms with Crippen LogP contribution in [0, 0.1) is 18.3 Å². The Kier molecular flexibility index (Phi) is 4.00. The molecular weight excluding hydrogens is 316 g/mol. The first-order valence-corrected chi connectivity index (χ1v) is 8.64. The van der Waals surface area contributed by atoms with Crippen molar-refractivity contribution in [2.75, 3.05) is 12.0 Å². The van der Waals surface area contributed by atoms with E-state index in [0.717, 1.165) is 5.56 Å². The summed E-state index contributed by atoms with van der Waals surface area (Å²) < 4.78 is 1.52. The van der Waals surface area contributed by atoms with E-state index < -0.39 is 0 Å². The van der Waals surface area contributed by atoms with Crippen LogP contribution in [-0.4, -0.2) is 21.2 Å². The fourth-order valence-corrected chi connectivity index (χ4v) is 3.53. The SMILES string of the molecule is CSc1nn(C2=NNC(c3ccc(C)cc3)S2)c(N)c1C#N. The summed E-state index contributed by atoms with van der Waals surface area (Å²) in [5.74, 6) is 0.324. The van der Waals surface area contributed by atoms with Crippen LogP contribution >= 0.6 is 23.5 Å². The maximum absolute atomic E-state index is 9.18. The average Bonchev–Trinajstić information content (AvgIpc) is 3.12. The summed E-state index contributed by atoms with van der Waals surface area (Å²) in [6, 6.07) is 10.4. The normalized spacial score (nSPS) is 17.0. The topological polar surface area (TPSA) is 92.0 Å². The number of aryl methyl sites for hydroxylation is 1. The van der Waals surface area contributed by atoms with Crippen LogP contribution in [0.15, 0.2) is 34.4 Å². The van der Waals surface area contributed by atoms with Gasteiger partial charge < -0.3 is 5.73 Å². The summed E-state index contributed by atoms with van der Waals surface area (Å²) in [7, 11) is 0. The highest BCUT2D eigenvalue weighted by Gasteiger charge is 2.26. The maximum Gasteiger partial charge on any atom is 0.211 e. The Labute approximate surface area is 136 Å². The lowest BCUT2D eigenvalue weighted by Gasteiger charge is -2.09. The summed E-state index contributed by atoms with van der Waals surface area (Å²) in [4.78, 5) is 0. The number of hydrogen-bond acceptors (Lipinski definition) is 7. The first-order chi connectivity index (χ1) is 10.6. The van der Waals surface area contributed by atoms with Gasteiger partial charge in [-0.3, -0.25) is 5.43 Å². The summed E-state index contributed by atoms with van der Waals surface area (Å²) in [5, 5.41) is 19.1. The molecule has 1 aromatic carbocycles. The Bertz CT molecular complexity index is 772. The van der Waals surface area contributed by atoms with Crippen LogP contribution in [0.2, 0.25) is 0 Å². The molecule has 8 heteroatoms. The molecule has 0 fully saturated rings. The van der Waals surface area contributed by atoms with E-state index in [9.17, 15) is 5.26 Å². The fraction of sp³-hybridized carbons (Fsp3) is 0.214. The Balaban J connectivity index is 1.85. The van der Waals surface area contributed by atoms with Gasteiger partial charge in [-0.2, -0.15) is 20.1 Å². The van der Waals surface area contributed by atoms with Gasteiger partial charge in [0.1, 0.15) is 27.9 Å². The molecule has 0 saturated carbocycles. The van der Waals surface area contributed by atoms with E-state index in [0.29, 0.717) is 21.6 Å². The second-order valence-electron chi connectivity index (χ2n) is 4.73. The van der Waals surface area contributed by atoms with Crippen molar-refractivity contribution < 1.29 is 0 Å². The second-order valence-corrected chi connectivity index (χ2v) is 6.59. The van der Waals surface area contributed by atoms with Crippen molar-refractivity contribution in [2.24, 2.45) is 5.10 Å². The molecular formula is C14H14N6S2. The quantitative estimate of drug-likeness (QED) is 0.822. The van der Waals surface area contributed by atoms with Crippen LogP contribution in [0.25, 0.3) is 0 Å². The highest BCUT2D eigenvalue weighted by Crippen LogP contribution is 2.34. The van der Waals surface area contributed by atoms with Gasteiger partial charge in [0, 0.05) is 0 Å². The summed E-state index contributed by atoms with van der Waals surface area (Å²) in [5.41, 5.74) is 11.8. The van der Waals surface area contributed by atoms with Gasteiger partial charge in [0.25, 0.3) is 0 Å². The van der Waals surface area contributed by atoms with Crippen molar-refractivity contribution >= 4 is 34.5 Å². The zero-order chi connectivity index (χ0) is 15.7. The fourth-order valence-electron chi connectivity index (χ4n) is 2.06. The lowest BCUT2D eigenvalue weighted by atomic mass is 10.1. The number of thioether (sulfide) groups is 2. The van der Waals surface area contributed by atoms with Crippen molar-refractivity contribution in [1.29, 1.82) is 5.26 Å². The predicted molar refractivity (Wildman–Crippen MR) is 90.6 cm³/mol. The highest BCUT2D eigenvalue weighted by atomic mass is 32.2. The molecule has 1 aliphatic heterocycles. The van der Waals surface area contributed by atoms with Crippen molar-refractivity contribution in [1.82, 2.24) is 15.2 Å². The van der Waals surface area contributed by atoms with Gasteiger partial charge in [-0.1, -0.05) is 41.6 Å². The third-order valence-electron chi connectivity index (χ3n) is 3.26. The molecule has 1 unspecified atom stereocenters. The van der Waals surface area contributed by atoms with Crippen molar-refractivity contribution in [3.63, 3.8) is 0 Å². The summed E-state index contributed by atoms with van der Waals surface area (Å²) in [6.45, 7) is 2.05.